The molecule has 0 aliphatic heterocycles. The van der Waals surface area contributed by atoms with Gasteiger partial charge in [-0.3, -0.25) is 4.68 Å². The van der Waals surface area contributed by atoms with Gasteiger partial charge in [-0.15, -0.1) is 0 Å². The van der Waals surface area contributed by atoms with E-state index in [-0.39, 0.29) is 17.1 Å². The van der Waals surface area contributed by atoms with E-state index in [4.69, 9.17) is 10.5 Å². The molecule has 3 N–H and O–H groups in total. The van der Waals surface area contributed by atoms with E-state index in [2.05, 4.69) is 9.82 Å². The van der Waals surface area contributed by atoms with Crippen LogP contribution >= 0.6 is 0 Å². The van der Waals surface area contributed by atoms with Crippen molar-refractivity contribution >= 4 is 15.7 Å². The van der Waals surface area contributed by atoms with Crippen molar-refractivity contribution in [1.29, 1.82) is 0 Å². The van der Waals surface area contributed by atoms with Gasteiger partial charge in [0.2, 0.25) is 10.0 Å². The molecule has 0 bridgehead atoms. The highest BCUT2D eigenvalue weighted by molar-refractivity contribution is 7.89. The number of hydrogen-bond acceptors (Lipinski definition) is 5. The van der Waals surface area contributed by atoms with Crippen LogP contribution in [0.3, 0.4) is 0 Å². The molecule has 0 radical (unpaired) electrons. The van der Waals surface area contributed by atoms with Gasteiger partial charge in [0.25, 0.3) is 0 Å². The lowest BCUT2D eigenvalue weighted by molar-refractivity contribution is 0.416. The summed E-state index contributed by atoms with van der Waals surface area (Å²) in [7, 11) is -0.301. The molecule has 0 aliphatic rings. The van der Waals surface area contributed by atoms with Gasteiger partial charge in [0.1, 0.15) is 5.75 Å². The molecule has 21 heavy (non-hydrogen) atoms. The van der Waals surface area contributed by atoms with Crippen molar-refractivity contribution in [2.24, 2.45) is 7.05 Å². The third kappa shape index (κ3) is 3.73. The minimum absolute atomic E-state index is 0.113. The smallest absolute Gasteiger partial charge is 0.240 e. The van der Waals surface area contributed by atoms with Gasteiger partial charge < -0.3 is 10.5 Å². The van der Waals surface area contributed by atoms with Crippen LogP contribution in [0.4, 0.5) is 5.69 Å². The van der Waals surface area contributed by atoms with E-state index in [0.717, 1.165) is 5.69 Å². The Bertz CT molecular complexity index is 725. The second kappa shape index (κ2) is 6.15. The van der Waals surface area contributed by atoms with Crippen LogP contribution < -0.4 is 15.2 Å². The van der Waals surface area contributed by atoms with E-state index in [1.807, 2.05) is 19.3 Å². The highest BCUT2D eigenvalue weighted by Gasteiger charge is 2.15. The van der Waals surface area contributed by atoms with Crippen LogP contribution in [0.5, 0.6) is 5.75 Å². The van der Waals surface area contributed by atoms with Crippen molar-refractivity contribution in [2.45, 2.75) is 11.3 Å². The van der Waals surface area contributed by atoms with E-state index in [0.29, 0.717) is 12.2 Å². The molecule has 1 aromatic heterocycles. The van der Waals surface area contributed by atoms with Crippen molar-refractivity contribution in [2.75, 3.05) is 19.4 Å². The van der Waals surface area contributed by atoms with Crippen LogP contribution in [0.1, 0.15) is 5.69 Å². The number of rotatable bonds is 6. The Labute approximate surface area is 123 Å². The largest absolute Gasteiger partial charge is 0.495 e. The fourth-order valence-electron chi connectivity index (χ4n) is 1.87. The summed E-state index contributed by atoms with van der Waals surface area (Å²) >= 11 is 0. The van der Waals surface area contributed by atoms with E-state index in [1.165, 1.54) is 25.3 Å². The average molecular weight is 310 g/mol. The number of aryl methyl sites for hydroxylation is 1. The molecule has 0 atom stereocenters. The fraction of sp³-hybridized carbons (Fsp3) is 0.308. The lowest BCUT2D eigenvalue weighted by atomic mass is 10.3. The molecule has 0 spiro atoms. The average Bonchev–Trinajstić information content (AvgIpc) is 2.84. The first kappa shape index (κ1) is 15.3. The van der Waals surface area contributed by atoms with Crippen molar-refractivity contribution in [1.82, 2.24) is 14.5 Å². The second-order valence-corrected chi connectivity index (χ2v) is 6.30. The van der Waals surface area contributed by atoms with Gasteiger partial charge in [0, 0.05) is 26.2 Å². The highest BCUT2D eigenvalue weighted by Crippen LogP contribution is 2.24. The number of nitrogens with two attached hydrogens (primary N) is 1. The number of aromatic nitrogens is 2. The molecule has 114 valence electrons. The number of methoxy groups -OCH3 is 1. The molecule has 0 unspecified atom stereocenters. The topological polar surface area (TPSA) is 99.2 Å². The lowest BCUT2D eigenvalue weighted by Crippen LogP contribution is -2.26. The minimum atomic E-state index is -3.59. The van der Waals surface area contributed by atoms with E-state index >= 15 is 0 Å². The molecule has 1 aromatic carbocycles. The van der Waals surface area contributed by atoms with Gasteiger partial charge in [0.05, 0.1) is 23.4 Å². The highest BCUT2D eigenvalue weighted by atomic mass is 32.2. The van der Waals surface area contributed by atoms with Gasteiger partial charge in [-0.25, -0.2) is 13.1 Å². The zero-order chi connectivity index (χ0) is 15.5. The van der Waals surface area contributed by atoms with E-state index in [1.54, 1.807) is 4.68 Å². The summed E-state index contributed by atoms with van der Waals surface area (Å²) in [6.45, 7) is 0.269. The van der Waals surface area contributed by atoms with Gasteiger partial charge in [-0.05, 0) is 24.3 Å². The van der Waals surface area contributed by atoms with Gasteiger partial charge in [-0.1, -0.05) is 0 Å². The van der Waals surface area contributed by atoms with Crippen LogP contribution in [0, 0.1) is 0 Å². The molecular formula is C13H18N4O3S. The van der Waals surface area contributed by atoms with Gasteiger partial charge in [-0.2, -0.15) is 5.10 Å². The Kier molecular flexibility index (Phi) is 4.49. The maximum Gasteiger partial charge on any atom is 0.240 e. The van der Waals surface area contributed by atoms with Crippen LogP contribution in [0.15, 0.2) is 35.4 Å². The first-order valence-corrected chi connectivity index (χ1v) is 7.82. The molecule has 0 amide bonds. The molecule has 8 heteroatoms. The fourth-order valence-corrected chi connectivity index (χ4v) is 2.94. The van der Waals surface area contributed by atoms with Crippen LogP contribution in [-0.4, -0.2) is 31.9 Å². The first-order chi connectivity index (χ1) is 9.92. The number of benzene rings is 1. The minimum Gasteiger partial charge on any atom is -0.495 e. The third-order valence-electron chi connectivity index (χ3n) is 2.95. The molecule has 2 rings (SSSR count). The Morgan fingerprint density at radius 1 is 1.38 bits per heavy atom. The Morgan fingerprint density at radius 3 is 2.71 bits per heavy atom. The molecule has 7 nitrogen and oxygen atoms in total. The first-order valence-electron chi connectivity index (χ1n) is 6.34. The Balaban J connectivity index is 2.02. The van der Waals surface area contributed by atoms with Crippen molar-refractivity contribution in [3.8, 4) is 5.75 Å². The summed E-state index contributed by atoms with van der Waals surface area (Å²) in [4.78, 5) is 0.113. The number of nitrogen functional groups attached to an aromatic ring is 1. The Morgan fingerprint density at radius 2 is 2.14 bits per heavy atom. The maximum atomic E-state index is 12.1. The summed E-state index contributed by atoms with van der Waals surface area (Å²) in [5.41, 5.74) is 6.83. The molecule has 0 saturated carbocycles. The number of nitrogens with one attached hydrogen (secondary N) is 1. The number of nitrogens with zero attached hydrogens (tertiary/aromatic N) is 2. The van der Waals surface area contributed by atoms with Crippen LogP contribution in [0.25, 0.3) is 0 Å². The van der Waals surface area contributed by atoms with E-state index in [9.17, 15) is 8.42 Å². The SMILES string of the molecule is COc1ccc(S(=O)(=O)NCCc2ccn(C)n2)cc1N. The van der Waals surface area contributed by atoms with E-state index < -0.39 is 10.0 Å². The van der Waals surface area contributed by atoms with Crippen molar-refractivity contribution in [3.63, 3.8) is 0 Å². The standard InChI is InChI=1S/C13H18N4O3S/c1-17-8-6-10(16-17)5-7-15-21(18,19)11-3-4-13(20-2)12(14)9-11/h3-4,6,8-9,15H,5,7,14H2,1-2H3. The van der Waals surface area contributed by atoms with Crippen molar-refractivity contribution < 1.29 is 13.2 Å². The number of ether oxygens (including phenoxy) is 1. The number of sulfonamides is 1. The summed E-state index contributed by atoms with van der Waals surface area (Å²) in [6.07, 6.45) is 2.33. The normalized spacial score (nSPS) is 11.5. The van der Waals surface area contributed by atoms with Crippen LogP contribution in [-0.2, 0) is 23.5 Å². The maximum absolute atomic E-state index is 12.1. The Hall–Kier alpha value is -2.06. The summed E-state index contributed by atoms with van der Waals surface area (Å²) in [6, 6.07) is 6.21. The molecule has 0 saturated heterocycles. The van der Waals surface area contributed by atoms with Crippen molar-refractivity contribution in [3.05, 3.63) is 36.2 Å². The van der Waals surface area contributed by atoms with Gasteiger partial charge >= 0.3 is 0 Å². The van der Waals surface area contributed by atoms with Gasteiger partial charge in [0.15, 0.2) is 0 Å². The third-order valence-corrected chi connectivity index (χ3v) is 4.41. The lowest BCUT2D eigenvalue weighted by Gasteiger charge is -2.09. The van der Waals surface area contributed by atoms with Crippen LogP contribution in [0.2, 0.25) is 0 Å². The second-order valence-electron chi connectivity index (χ2n) is 4.53. The summed E-state index contributed by atoms with van der Waals surface area (Å²) in [5, 5.41) is 4.19. The molecule has 0 fully saturated rings. The zero-order valence-corrected chi connectivity index (χ0v) is 12.7. The quantitative estimate of drug-likeness (QED) is 0.758. The predicted molar refractivity (Wildman–Crippen MR) is 79.5 cm³/mol. The number of anilines is 1. The predicted octanol–water partition coefficient (Wildman–Crippen LogP) is 0.532. The molecule has 0 aliphatic carbocycles. The summed E-state index contributed by atoms with van der Waals surface area (Å²) < 4.78 is 33.5. The molecule has 1 heterocycles. The zero-order valence-electron chi connectivity index (χ0n) is 11.9. The summed E-state index contributed by atoms with van der Waals surface area (Å²) in [5.74, 6) is 0.447. The number of hydrogen-bond donors (Lipinski definition) is 2. The monoisotopic (exact) mass is 310 g/mol. The molecule has 2 aromatic rings. The molecular weight excluding hydrogens is 292 g/mol.